The standard InChI is InChI=1S/C11H17N3O2/c15-11(16)10-4-5-12-14(10)9-8-13-6-2-1-3-7-13/h4-5H,1-3,6-9H2,(H,15,16). The molecule has 0 radical (unpaired) electrons. The molecule has 0 spiro atoms. The summed E-state index contributed by atoms with van der Waals surface area (Å²) in [7, 11) is 0. The van der Waals surface area contributed by atoms with Crippen LogP contribution in [-0.2, 0) is 6.54 Å². The van der Waals surface area contributed by atoms with Crippen LogP contribution in [0.25, 0.3) is 0 Å². The van der Waals surface area contributed by atoms with Crippen LogP contribution >= 0.6 is 0 Å². The predicted molar refractivity (Wildman–Crippen MR) is 59.5 cm³/mol. The summed E-state index contributed by atoms with van der Waals surface area (Å²) in [5.41, 5.74) is 0.275. The number of likely N-dealkylation sites (tertiary alicyclic amines) is 1. The number of carbonyl (C=O) groups is 1. The fourth-order valence-electron chi connectivity index (χ4n) is 2.11. The molecule has 1 aromatic heterocycles. The minimum absolute atomic E-state index is 0.275. The Bertz CT molecular complexity index is 356. The van der Waals surface area contributed by atoms with Gasteiger partial charge in [0, 0.05) is 12.7 Å². The molecule has 1 fully saturated rings. The number of aromatic carboxylic acids is 1. The molecule has 0 atom stereocenters. The lowest BCUT2D eigenvalue weighted by atomic mass is 10.1. The van der Waals surface area contributed by atoms with Crippen LogP contribution in [0.4, 0.5) is 0 Å². The molecule has 5 heteroatoms. The zero-order chi connectivity index (χ0) is 11.4. The molecule has 88 valence electrons. The largest absolute Gasteiger partial charge is 0.477 e. The molecular formula is C11H17N3O2. The first kappa shape index (κ1) is 11.1. The fraction of sp³-hybridized carbons (Fsp3) is 0.636. The van der Waals surface area contributed by atoms with Crippen molar-refractivity contribution in [3.8, 4) is 0 Å². The number of piperidine rings is 1. The second-order valence-corrected chi connectivity index (χ2v) is 4.15. The van der Waals surface area contributed by atoms with Gasteiger partial charge >= 0.3 is 5.97 Å². The molecular weight excluding hydrogens is 206 g/mol. The molecule has 0 saturated carbocycles. The van der Waals surface area contributed by atoms with Gasteiger partial charge in [-0.2, -0.15) is 5.10 Å². The average molecular weight is 223 g/mol. The molecule has 16 heavy (non-hydrogen) atoms. The number of carboxylic acids is 1. The van der Waals surface area contributed by atoms with E-state index in [2.05, 4.69) is 10.00 Å². The van der Waals surface area contributed by atoms with Crippen molar-refractivity contribution in [2.45, 2.75) is 25.8 Å². The predicted octanol–water partition coefficient (Wildman–Crippen LogP) is 1.07. The summed E-state index contributed by atoms with van der Waals surface area (Å²) in [5.74, 6) is -0.906. The van der Waals surface area contributed by atoms with Crippen molar-refractivity contribution in [1.29, 1.82) is 0 Å². The maximum Gasteiger partial charge on any atom is 0.354 e. The minimum atomic E-state index is -0.906. The van der Waals surface area contributed by atoms with Gasteiger partial charge < -0.3 is 10.0 Å². The van der Waals surface area contributed by atoms with Gasteiger partial charge in [0.2, 0.25) is 0 Å². The molecule has 0 aliphatic carbocycles. The van der Waals surface area contributed by atoms with E-state index < -0.39 is 5.97 Å². The van der Waals surface area contributed by atoms with Crippen LogP contribution < -0.4 is 0 Å². The number of hydrogen-bond acceptors (Lipinski definition) is 3. The Hall–Kier alpha value is -1.36. The van der Waals surface area contributed by atoms with Crippen molar-refractivity contribution in [1.82, 2.24) is 14.7 Å². The van der Waals surface area contributed by atoms with Crippen molar-refractivity contribution in [3.63, 3.8) is 0 Å². The van der Waals surface area contributed by atoms with Gasteiger partial charge in [-0.25, -0.2) is 4.79 Å². The fourth-order valence-corrected chi connectivity index (χ4v) is 2.11. The van der Waals surface area contributed by atoms with Crippen LogP contribution in [0.3, 0.4) is 0 Å². The van der Waals surface area contributed by atoms with Gasteiger partial charge in [0.05, 0.1) is 6.54 Å². The lowest BCUT2D eigenvalue weighted by Crippen LogP contribution is -2.33. The second kappa shape index (κ2) is 5.12. The molecule has 0 bridgehead atoms. The molecule has 0 aromatic carbocycles. The summed E-state index contributed by atoms with van der Waals surface area (Å²) >= 11 is 0. The zero-order valence-corrected chi connectivity index (χ0v) is 9.30. The minimum Gasteiger partial charge on any atom is -0.477 e. The van der Waals surface area contributed by atoms with Crippen LogP contribution in [-0.4, -0.2) is 45.4 Å². The molecule has 1 N–H and O–H groups in total. The van der Waals surface area contributed by atoms with Crippen molar-refractivity contribution in [2.24, 2.45) is 0 Å². The Labute approximate surface area is 94.7 Å². The van der Waals surface area contributed by atoms with Crippen LogP contribution in [0.1, 0.15) is 29.8 Å². The average Bonchev–Trinajstić information content (AvgIpc) is 2.76. The highest BCUT2D eigenvalue weighted by Crippen LogP contribution is 2.08. The van der Waals surface area contributed by atoms with Gasteiger partial charge in [0.25, 0.3) is 0 Å². The van der Waals surface area contributed by atoms with E-state index in [9.17, 15) is 4.79 Å². The zero-order valence-electron chi connectivity index (χ0n) is 9.30. The molecule has 1 aliphatic heterocycles. The van der Waals surface area contributed by atoms with Gasteiger partial charge in [0.15, 0.2) is 0 Å². The van der Waals surface area contributed by atoms with Crippen molar-refractivity contribution in [3.05, 3.63) is 18.0 Å². The molecule has 2 rings (SSSR count). The van der Waals surface area contributed by atoms with Gasteiger partial charge in [-0.05, 0) is 32.0 Å². The van der Waals surface area contributed by atoms with E-state index in [1.165, 1.54) is 19.3 Å². The second-order valence-electron chi connectivity index (χ2n) is 4.15. The topological polar surface area (TPSA) is 58.4 Å². The van der Waals surface area contributed by atoms with E-state index in [1.54, 1.807) is 16.9 Å². The molecule has 1 aromatic rings. The molecule has 1 saturated heterocycles. The molecule has 2 heterocycles. The first-order chi connectivity index (χ1) is 7.77. The third-order valence-electron chi connectivity index (χ3n) is 3.01. The number of aromatic nitrogens is 2. The summed E-state index contributed by atoms with van der Waals surface area (Å²) < 4.78 is 1.57. The van der Waals surface area contributed by atoms with Crippen molar-refractivity contribution < 1.29 is 9.90 Å². The number of hydrogen-bond donors (Lipinski definition) is 1. The van der Waals surface area contributed by atoms with E-state index in [0.29, 0.717) is 6.54 Å². The third kappa shape index (κ3) is 2.61. The summed E-state index contributed by atoms with van der Waals surface area (Å²) in [6.07, 6.45) is 5.37. The smallest absolute Gasteiger partial charge is 0.354 e. The van der Waals surface area contributed by atoms with Gasteiger partial charge in [-0.15, -0.1) is 0 Å². The Morgan fingerprint density at radius 1 is 1.31 bits per heavy atom. The summed E-state index contributed by atoms with van der Waals surface area (Å²) in [5, 5.41) is 12.9. The van der Waals surface area contributed by atoms with Gasteiger partial charge in [-0.3, -0.25) is 4.68 Å². The van der Waals surface area contributed by atoms with E-state index in [-0.39, 0.29) is 5.69 Å². The van der Waals surface area contributed by atoms with E-state index in [4.69, 9.17) is 5.11 Å². The SMILES string of the molecule is O=C(O)c1ccnn1CCN1CCCCC1. The van der Waals surface area contributed by atoms with E-state index in [0.717, 1.165) is 19.6 Å². The Balaban J connectivity index is 1.88. The summed E-state index contributed by atoms with van der Waals surface area (Å²) in [6, 6.07) is 1.54. The van der Waals surface area contributed by atoms with E-state index in [1.807, 2.05) is 0 Å². The normalized spacial score (nSPS) is 17.5. The highest BCUT2D eigenvalue weighted by atomic mass is 16.4. The highest BCUT2D eigenvalue weighted by Gasteiger charge is 2.13. The first-order valence-electron chi connectivity index (χ1n) is 5.75. The lowest BCUT2D eigenvalue weighted by molar-refractivity contribution is 0.0681. The van der Waals surface area contributed by atoms with Gasteiger partial charge in [0.1, 0.15) is 5.69 Å². The third-order valence-corrected chi connectivity index (χ3v) is 3.01. The van der Waals surface area contributed by atoms with Crippen LogP contribution in [0.5, 0.6) is 0 Å². The van der Waals surface area contributed by atoms with Crippen molar-refractivity contribution in [2.75, 3.05) is 19.6 Å². The molecule has 5 nitrogen and oxygen atoms in total. The first-order valence-corrected chi connectivity index (χ1v) is 5.75. The van der Waals surface area contributed by atoms with Crippen molar-refractivity contribution >= 4 is 5.97 Å². The Morgan fingerprint density at radius 3 is 2.75 bits per heavy atom. The number of nitrogens with zero attached hydrogens (tertiary/aromatic N) is 3. The monoisotopic (exact) mass is 223 g/mol. The van der Waals surface area contributed by atoms with Crippen LogP contribution in [0, 0.1) is 0 Å². The maximum atomic E-state index is 10.9. The highest BCUT2D eigenvalue weighted by molar-refractivity contribution is 5.85. The van der Waals surface area contributed by atoms with Crippen LogP contribution in [0.2, 0.25) is 0 Å². The Morgan fingerprint density at radius 2 is 2.06 bits per heavy atom. The molecule has 0 unspecified atom stereocenters. The number of rotatable bonds is 4. The van der Waals surface area contributed by atoms with E-state index >= 15 is 0 Å². The summed E-state index contributed by atoms with van der Waals surface area (Å²) in [6.45, 7) is 3.81. The molecule has 0 amide bonds. The van der Waals surface area contributed by atoms with Gasteiger partial charge in [-0.1, -0.05) is 6.42 Å². The Kier molecular flexibility index (Phi) is 3.56. The summed E-state index contributed by atoms with van der Waals surface area (Å²) in [4.78, 5) is 13.2. The maximum absolute atomic E-state index is 10.9. The quantitative estimate of drug-likeness (QED) is 0.829. The number of carboxylic acid groups (broad SMARTS) is 1. The lowest BCUT2D eigenvalue weighted by Gasteiger charge is -2.26. The van der Waals surface area contributed by atoms with Crippen LogP contribution in [0.15, 0.2) is 12.3 Å². The molecule has 1 aliphatic rings.